The molecule has 5 nitrogen and oxygen atoms in total. The average Bonchev–Trinajstić information content (AvgIpc) is 3.40. The second-order valence-electron chi connectivity index (χ2n) is 6.57. The van der Waals surface area contributed by atoms with Crippen LogP contribution < -0.4 is 4.74 Å². The number of nitrogens with one attached hydrogen (secondary N) is 1. The first-order chi connectivity index (χ1) is 13.7. The molecule has 0 aliphatic rings. The van der Waals surface area contributed by atoms with Crippen molar-refractivity contribution in [1.82, 2.24) is 15.1 Å². The third-order valence-electron chi connectivity index (χ3n) is 4.68. The quantitative estimate of drug-likeness (QED) is 0.505. The van der Waals surface area contributed by atoms with Crippen molar-refractivity contribution in [2.75, 3.05) is 13.7 Å². The number of para-hydroxylation sites is 1. The number of thiophene rings is 1. The second-order valence-corrected chi connectivity index (χ2v) is 7.35. The average molecular weight is 391 g/mol. The summed E-state index contributed by atoms with van der Waals surface area (Å²) in [5, 5.41) is 12.3. The molecule has 6 heteroatoms. The van der Waals surface area contributed by atoms with Crippen molar-refractivity contribution in [2.45, 2.75) is 13.5 Å². The number of carbonyl (C=O) groups is 1. The molecule has 0 radical (unpaired) electrons. The van der Waals surface area contributed by atoms with E-state index in [1.807, 2.05) is 55.7 Å². The van der Waals surface area contributed by atoms with Gasteiger partial charge in [0.15, 0.2) is 0 Å². The maximum atomic E-state index is 13.0. The molecule has 2 aromatic heterocycles. The molecule has 2 aromatic carbocycles. The van der Waals surface area contributed by atoms with Crippen LogP contribution in [0.2, 0.25) is 0 Å². The van der Waals surface area contributed by atoms with Gasteiger partial charge in [-0.25, -0.2) is 0 Å². The number of rotatable bonds is 6. The maximum absolute atomic E-state index is 13.0. The third-order valence-corrected chi connectivity index (χ3v) is 5.36. The molecule has 4 aromatic rings. The molecule has 28 heavy (non-hydrogen) atoms. The Labute approximate surface area is 167 Å². The van der Waals surface area contributed by atoms with Gasteiger partial charge in [-0.2, -0.15) is 16.4 Å². The predicted molar refractivity (Wildman–Crippen MR) is 113 cm³/mol. The normalized spacial score (nSPS) is 10.9. The van der Waals surface area contributed by atoms with Crippen molar-refractivity contribution in [1.29, 1.82) is 0 Å². The number of amides is 1. The minimum atomic E-state index is -0.0469. The summed E-state index contributed by atoms with van der Waals surface area (Å²) in [6.07, 6.45) is 1.79. The van der Waals surface area contributed by atoms with E-state index in [1.165, 1.54) is 0 Å². The van der Waals surface area contributed by atoms with E-state index in [0.29, 0.717) is 18.7 Å². The molecule has 0 aliphatic carbocycles. The minimum Gasteiger partial charge on any atom is -0.493 e. The third kappa shape index (κ3) is 3.51. The van der Waals surface area contributed by atoms with Gasteiger partial charge in [-0.3, -0.25) is 9.89 Å². The monoisotopic (exact) mass is 391 g/mol. The Bertz CT molecular complexity index is 1100. The number of hydrogen-bond acceptors (Lipinski definition) is 4. The molecular formula is C22H21N3O2S. The Morgan fingerprint density at radius 3 is 2.93 bits per heavy atom. The van der Waals surface area contributed by atoms with E-state index in [9.17, 15) is 4.79 Å². The van der Waals surface area contributed by atoms with Crippen LogP contribution in [0.1, 0.15) is 22.8 Å². The molecule has 1 amide bonds. The van der Waals surface area contributed by atoms with Crippen LogP contribution in [-0.4, -0.2) is 34.7 Å². The highest BCUT2D eigenvalue weighted by Gasteiger charge is 2.17. The van der Waals surface area contributed by atoms with E-state index in [-0.39, 0.29) is 5.91 Å². The smallest absolute Gasteiger partial charge is 0.254 e. The molecule has 142 valence electrons. The van der Waals surface area contributed by atoms with Gasteiger partial charge in [0.2, 0.25) is 0 Å². The number of nitrogens with zero attached hydrogens (tertiary/aromatic N) is 2. The molecule has 2 heterocycles. The van der Waals surface area contributed by atoms with Gasteiger partial charge in [0, 0.05) is 30.1 Å². The van der Waals surface area contributed by atoms with Gasteiger partial charge in [0.25, 0.3) is 5.91 Å². The molecule has 0 fully saturated rings. The number of aromatic amines is 1. The molecular weight excluding hydrogens is 370 g/mol. The fourth-order valence-corrected chi connectivity index (χ4v) is 3.95. The van der Waals surface area contributed by atoms with Crippen LogP contribution in [0.25, 0.3) is 22.0 Å². The lowest BCUT2D eigenvalue weighted by molar-refractivity contribution is 0.0785. The maximum Gasteiger partial charge on any atom is 0.254 e. The van der Waals surface area contributed by atoms with Crippen molar-refractivity contribution in [3.05, 3.63) is 70.5 Å². The molecule has 0 saturated carbocycles. The zero-order valence-electron chi connectivity index (χ0n) is 15.8. The predicted octanol–water partition coefficient (Wildman–Crippen LogP) is 4.96. The van der Waals surface area contributed by atoms with Crippen LogP contribution in [-0.2, 0) is 6.54 Å². The summed E-state index contributed by atoms with van der Waals surface area (Å²) in [6.45, 7) is 2.99. The fraction of sp³-hybridized carbons (Fsp3) is 0.182. The van der Waals surface area contributed by atoms with Crippen LogP contribution >= 0.6 is 11.3 Å². The number of aromatic nitrogens is 2. The van der Waals surface area contributed by atoms with Crippen molar-refractivity contribution < 1.29 is 9.53 Å². The SMILES string of the molecule is CCOc1cc(C(=O)N(C)Cc2cccc3cn[nH]c23)ccc1-c1ccsc1. The van der Waals surface area contributed by atoms with Gasteiger partial charge in [0.05, 0.1) is 18.3 Å². The Morgan fingerprint density at radius 1 is 1.25 bits per heavy atom. The number of ether oxygens (including phenoxy) is 1. The summed E-state index contributed by atoms with van der Waals surface area (Å²) in [6, 6.07) is 13.7. The van der Waals surface area contributed by atoms with E-state index in [0.717, 1.165) is 33.3 Å². The topological polar surface area (TPSA) is 58.2 Å². The lowest BCUT2D eigenvalue weighted by Gasteiger charge is -2.19. The largest absolute Gasteiger partial charge is 0.493 e. The van der Waals surface area contributed by atoms with E-state index >= 15 is 0 Å². The Hall–Kier alpha value is -3.12. The van der Waals surface area contributed by atoms with E-state index < -0.39 is 0 Å². The highest BCUT2D eigenvalue weighted by atomic mass is 32.1. The Morgan fingerprint density at radius 2 is 2.14 bits per heavy atom. The van der Waals surface area contributed by atoms with Crippen LogP contribution in [0.3, 0.4) is 0 Å². The Kier molecular flexibility index (Phi) is 5.12. The van der Waals surface area contributed by atoms with Crippen molar-refractivity contribution in [3.63, 3.8) is 0 Å². The standard InChI is InChI=1S/C22H21N3O2S/c1-3-27-20-11-15(7-8-19(20)18-9-10-28-14-18)22(26)25(2)13-17-6-4-5-16-12-23-24-21(16)17/h4-12,14H,3,13H2,1-2H3,(H,23,24). The van der Waals surface area contributed by atoms with Gasteiger partial charge >= 0.3 is 0 Å². The first kappa shape index (κ1) is 18.3. The molecule has 4 rings (SSSR count). The zero-order valence-corrected chi connectivity index (χ0v) is 16.6. The number of hydrogen-bond donors (Lipinski definition) is 1. The second kappa shape index (κ2) is 7.86. The molecule has 0 aliphatic heterocycles. The van der Waals surface area contributed by atoms with Gasteiger partial charge in [0.1, 0.15) is 5.75 Å². The highest BCUT2D eigenvalue weighted by Crippen LogP contribution is 2.33. The summed E-state index contributed by atoms with van der Waals surface area (Å²) in [5.41, 5.74) is 4.72. The Balaban J connectivity index is 1.60. The summed E-state index contributed by atoms with van der Waals surface area (Å²) >= 11 is 1.64. The van der Waals surface area contributed by atoms with E-state index in [2.05, 4.69) is 21.6 Å². The first-order valence-electron chi connectivity index (χ1n) is 9.13. The van der Waals surface area contributed by atoms with E-state index in [1.54, 1.807) is 22.4 Å². The lowest BCUT2D eigenvalue weighted by atomic mass is 10.0. The highest BCUT2D eigenvalue weighted by molar-refractivity contribution is 7.08. The summed E-state index contributed by atoms with van der Waals surface area (Å²) in [4.78, 5) is 14.7. The number of H-pyrrole nitrogens is 1. The van der Waals surface area contributed by atoms with Crippen LogP contribution in [0.4, 0.5) is 0 Å². The molecule has 0 unspecified atom stereocenters. The molecule has 0 spiro atoms. The molecule has 0 bridgehead atoms. The van der Waals surface area contributed by atoms with Gasteiger partial charge < -0.3 is 9.64 Å². The van der Waals surface area contributed by atoms with Crippen molar-refractivity contribution in [2.24, 2.45) is 0 Å². The fourth-order valence-electron chi connectivity index (χ4n) is 3.30. The summed E-state index contributed by atoms with van der Waals surface area (Å²) in [5.74, 6) is 0.685. The van der Waals surface area contributed by atoms with Crippen molar-refractivity contribution >= 4 is 28.1 Å². The molecule has 0 atom stereocenters. The molecule has 1 N–H and O–H groups in total. The summed E-state index contributed by atoms with van der Waals surface area (Å²) < 4.78 is 5.82. The minimum absolute atomic E-state index is 0.0469. The summed E-state index contributed by atoms with van der Waals surface area (Å²) in [7, 11) is 1.81. The van der Waals surface area contributed by atoms with Gasteiger partial charge in [-0.15, -0.1) is 0 Å². The first-order valence-corrected chi connectivity index (χ1v) is 10.1. The van der Waals surface area contributed by atoms with Crippen LogP contribution in [0.15, 0.2) is 59.4 Å². The van der Waals surface area contributed by atoms with Gasteiger partial charge in [-0.1, -0.05) is 18.2 Å². The number of carbonyl (C=O) groups excluding carboxylic acids is 1. The van der Waals surface area contributed by atoms with Crippen molar-refractivity contribution in [3.8, 4) is 16.9 Å². The number of benzene rings is 2. The van der Waals surface area contributed by atoms with Gasteiger partial charge in [-0.05, 0) is 53.1 Å². The lowest BCUT2D eigenvalue weighted by Crippen LogP contribution is -2.26. The van der Waals surface area contributed by atoms with Crippen LogP contribution in [0, 0.1) is 0 Å². The van der Waals surface area contributed by atoms with Crippen LogP contribution in [0.5, 0.6) is 5.75 Å². The molecule has 0 saturated heterocycles. The van der Waals surface area contributed by atoms with E-state index in [4.69, 9.17) is 4.74 Å². The number of fused-ring (bicyclic) bond motifs is 1. The zero-order chi connectivity index (χ0) is 19.5.